The summed E-state index contributed by atoms with van der Waals surface area (Å²) in [6.45, 7) is 3.89. The molecule has 0 rings (SSSR count). The van der Waals surface area contributed by atoms with E-state index in [1.54, 1.807) is 0 Å². The number of phosphoric ester groups is 1. The van der Waals surface area contributed by atoms with E-state index in [9.17, 15) is 9.46 Å². The molecule has 0 aliphatic carbocycles. The number of aliphatic hydroxyl groups excluding tert-OH is 1. The van der Waals surface area contributed by atoms with E-state index in [0.717, 1.165) is 44.9 Å². The molecule has 0 aromatic rings. The molecule has 0 heterocycles. The van der Waals surface area contributed by atoms with Gasteiger partial charge < -0.3 is 23.5 Å². The summed E-state index contributed by atoms with van der Waals surface area (Å²) in [5, 5.41) is 17.8. The van der Waals surface area contributed by atoms with Gasteiger partial charge in [-0.2, -0.15) is 0 Å². The zero-order valence-electron chi connectivity index (χ0n) is 21.9. The van der Waals surface area contributed by atoms with E-state index in [1.807, 2.05) is 21.1 Å². The van der Waals surface area contributed by atoms with Crippen molar-refractivity contribution in [2.75, 3.05) is 40.9 Å². The molecule has 0 saturated heterocycles. The zero-order chi connectivity index (χ0) is 25.2. The molecule has 3 unspecified atom stereocenters. The molecular weight excluding hydrogens is 445 g/mol. The molecular formula is C24H52NO7P. The van der Waals surface area contributed by atoms with Crippen molar-refractivity contribution in [3.8, 4) is 0 Å². The van der Waals surface area contributed by atoms with Crippen LogP contribution in [0.25, 0.3) is 0 Å². The quantitative estimate of drug-likeness (QED) is 0.0661. The Kier molecular flexibility index (Phi) is 19.1. The smallest absolute Gasteiger partial charge is 0.268 e. The van der Waals surface area contributed by atoms with E-state index < -0.39 is 33.2 Å². The average molecular weight is 498 g/mol. The Hall–Kier alpha value is -0.0500. The van der Waals surface area contributed by atoms with Gasteiger partial charge in [-0.3, -0.25) is 9.82 Å². The second-order valence-corrected chi connectivity index (χ2v) is 11.7. The van der Waals surface area contributed by atoms with E-state index in [1.165, 1.54) is 38.5 Å². The number of likely N-dealkylation sites (N-methyl/N-ethyl adjacent to an activating group) is 1. The van der Waals surface area contributed by atoms with E-state index >= 15 is 0 Å². The van der Waals surface area contributed by atoms with Gasteiger partial charge in [0.15, 0.2) is 0 Å². The summed E-state index contributed by atoms with van der Waals surface area (Å²) in [6, 6.07) is 0. The van der Waals surface area contributed by atoms with Crippen LogP contribution in [-0.4, -0.2) is 68.0 Å². The predicted molar refractivity (Wildman–Crippen MR) is 131 cm³/mol. The lowest BCUT2D eigenvalue weighted by atomic mass is 9.89. The van der Waals surface area contributed by atoms with Gasteiger partial charge in [0, 0.05) is 0 Å². The maximum Gasteiger partial charge on any atom is 0.268 e. The van der Waals surface area contributed by atoms with Crippen molar-refractivity contribution < 1.29 is 38.2 Å². The fraction of sp³-hybridized carbons (Fsp3) is 1.00. The molecule has 0 aromatic carbocycles. The van der Waals surface area contributed by atoms with Crippen molar-refractivity contribution in [2.24, 2.45) is 5.92 Å². The normalized spacial score (nSPS) is 17.0. The lowest BCUT2D eigenvalue weighted by Gasteiger charge is -2.37. The van der Waals surface area contributed by atoms with E-state index in [-0.39, 0.29) is 5.92 Å². The average Bonchev–Trinajstić information content (AvgIpc) is 2.73. The van der Waals surface area contributed by atoms with Gasteiger partial charge in [0.2, 0.25) is 0 Å². The van der Waals surface area contributed by atoms with Crippen LogP contribution in [0.5, 0.6) is 0 Å². The standard InChI is InChI=1S/C24H52NO7P/c1-6-8-10-12-13-14-16-18-22(17-15-11-9-7-2)24(19-25(3,4)5)32-33(28,29)30-21-23(20-26)31-27/h22-24,26H,6-21H2,1-5H3,(H-,27,28,29)/t22?,23-,24?/m1/s1. The van der Waals surface area contributed by atoms with Crippen LogP contribution < -0.4 is 4.89 Å². The summed E-state index contributed by atoms with van der Waals surface area (Å²) in [7, 11) is 1.44. The molecule has 0 aromatic heterocycles. The zero-order valence-corrected chi connectivity index (χ0v) is 22.8. The van der Waals surface area contributed by atoms with Gasteiger partial charge in [0.25, 0.3) is 7.82 Å². The number of hydrogen-bond donors (Lipinski definition) is 2. The van der Waals surface area contributed by atoms with Crippen molar-refractivity contribution in [3.05, 3.63) is 0 Å². The minimum absolute atomic E-state index is 0.128. The van der Waals surface area contributed by atoms with E-state index in [2.05, 4.69) is 18.7 Å². The highest BCUT2D eigenvalue weighted by Gasteiger charge is 2.31. The second kappa shape index (κ2) is 19.2. The molecule has 0 spiro atoms. The Balaban J connectivity index is 5.15. The Morgan fingerprint density at radius 3 is 1.82 bits per heavy atom. The first-order valence-electron chi connectivity index (χ1n) is 12.9. The first-order chi connectivity index (χ1) is 15.6. The number of unbranched alkanes of at least 4 members (excludes halogenated alkanes) is 9. The van der Waals surface area contributed by atoms with Crippen LogP contribution in [0.4, 0.5) is 0 Å². The summed E-state index contributed by atoms with van der Waals surface area (Å²) >= 11 is 0. The van der Waals surface area contributed by atoms with Gasteiger partial charge in [-0.25, -0.2) is 4.89 Å². The molecule has 33 heavy (non-hydrogen) atoms. The Morgan fingerprint density at radius 1 is 0.879 bits per heavy atom. The predicted octanol–water partition coefficient (Wildman–Crippen LogP) is 5.14. The number of quaternary nitrogens is 1. The topological polar surface area (TPSA) is 108 Å². The summed E-state index contributed by atoms with van der Waals surface area (Å²) in [5.41, 5.74) is 0. The second-order valence-electron chi connectivity index (χ2n) is 10.3. The Morgan fingerprint density at radius 2 is 1.36 bits per heavy atom. The van der Waals surface area contributed by atoms with Crippen molar-refractivity contribution in [1.82, 2.24) is 0 Å². The van der Waals surface area contributed by atoms with Crippen LogP contribution >= 0.6 is 7.82 Å². The lowest BCUT2D eigenvalue weighted by Crippen LogP contribution is -2.45. The SMILES string of the molecule is CCCCCCCCCC(CCCCCC)C(C[N+](C)(C)C)OP(=O)([O-])OC[C@@H](CO)OO. The molecule has 0 aliphatic heterocycles. The molecule has 0 aliphatic rings. The van der Waals surface area contributed by atoms with Gasteiger partial charge in [-0.15, -0.1) is 0 Å². The van der Waals surface area contributed by atoms with Gasteiger partial charge in [0.05, 0.1) is 34.4 Å². The number of rotatable bonds is 23. The molecule has 0 bridgehead atoms. The maximum atomic E-state index is 12.6. The highest BCUT2D eigenvalue weighted by Crippen LogP contribution is 2.43. The molecule has 0 radical (unpaired) electrons. The highest BCUT2D eigenvalue weighted by atomic mass is 31.2. The first-order valence-corrected chi connectivity index (χ1v) is 14.4. The van der Waals surface area contributed by atoms with Crippen LogP contribution in [0.1, 0.15) is 97.3 Å². The fourth-order valence-corrected chi connectivity index (χ4v) is 4.99. The summed E-state index contributed by atoms with van der Waals surface area (Å²) in [6.07, 6.45) is 13.3. The van der Waals surface area contributed by atoms with Gasteiger partial charge in [-0.05, 0) is 18.8 Å². The summed E-state index contributed by atoms with van der Waals surface area (Å²) < 4.78 is 23.7. The van der Waals surface area contributed by atoms with E-state index in [0.29, 0.717) is 11.0 Å². The third-order valence-electron chi connectivity index (χ3n) is 5.90. The van der Waals surface area contributed by atoms with Crippen LogP contribution in [0, 0.1) is 5.92 Å². The van der Waals surface area contributed by atoms with Crippen molar-refractivity contribution >= 4 is 7.82 Å². The first kappa shape index (κ1) is 33.0. The monoisotopic (exact) mass is 497 g/mol. The third-order valence-corrected chi connectivity index (χ3v) is 6.89. The molecule has 200 valence electrons. The van der Waals surface area contributed by atoms with Crippen molar-refractivity contribution in [2.45, 2.75) is 110 Å². The van der Waals surface area contributed by atoms with Crippen LogP contribution in [0.2, 0.25) is 0 Å². The van der Waals surface area contributed by atoms with Crippen molar-refractivity contribution in [1.29, 1.82) is 0 Å². The van der Waals surface area contributed by atoms with Gasteiger partial charge in [-0.1, -0.05) is 84.5 Å². The maximum absolute atomic E-state index is 12.6. The molecule has 0 saturated carbocycles. The van der Waals surface area contributed by atoms with E-state index in [4.69, 9.17) is 19.4 Å². The lowest BCUT2D eigenvalue weighted by molar-refractivity contribution is -0.873. The minimum Gasteiger partial charge on any atom is -0.756 e. The number of nitrogens with zero attached hydrogens (tertiary/aromatic N) is 1. The number of aliphatic hydroxyl groups is 1. The van der Waals surface area contributed by atoms with Gasteiger partial charge >= 0.3 is 0 Å². The molecule has 2 N–H and O–H groups in total. The summed E-state index contributed by atoms with van der Waals surface area (Å²) in [5.74, 6) is 0.128. The van der Waals surface area contributed by atoms with Gasteiger partial charge in [0.1, 0.15) is 18.8 Å². The molecule has 0 fully saturated rings. The highest BCUT2D eigenvalue weighted by molar-refractivity contribution is 7.45. The Labute approximate surface area is 202 Å². The van der Waals surface area contributed by atoms with Crippen LogP contribution in [0.15, 0.2) is 0 Å². The third kappa shape index (κ3) is 18.9. The molecule has 4 atom stereocenters. The molecule has 9 heteroatoms. The molecule has 0 amide bonds. The number of hydrogen-bond acceptors (Lipinski definition) is 7. The van der Waals surface area contributed by atoms with Crippen LogP contribution in [0.3, 0.4) is 0 Å². The fourth-order valence-electron chi connectivity index (χ4n) is 4.01. The van der Waals surface area contributed by atoms with Crippen molar-refractivity contribution in [3.63, 3.8) is 0 Å². The summed E-state index contributed by atoms with van der Waals surface area (Å²) in [4.78, 5) is 16.6. The molecule has 8 nitrogen and oxygen atoms in total. The Bertz CT molecular complexity index is 498. The van der Waals surface area contributed by atoms with Crippen LogP contribution in [-0.2, 0) is 18.5 Å². The largest absolute Gasteiger partial charge is 0.756 e. The number of phosphoric acid groups is 1. The minimum atomic E-state index is -4.63.